The van der Waals surface area contributed by atoms with Crippen LogP contribution in [-0.2, 0) is 10.2 Å². The molecule has 0 saturated carbocycles. The van der Waals surface area contributed by atoms with Crippen molar-refractivity contribution in [3.05, 3.63) is 69.1 Å². The molecule has 1 N–H and O–H groups in total. The molecule has 2 heterocycles. The molecule has 0 bridgehead atoms. The Morgan fingerprint density at radius 2 is 1.85 bits per heavy atom. The molecule has 5 heteroatoms. The van der Waals surface area contributed by atoms with Crippen molar-refractivity contribution >= 4 is 23.0 Å². The van der Waals surface area contributed by atoms with Crippen molar-refractivity contribution in [2.75, 3.05) is 6.54 Å². The number of aliphatic hydroxyl groups excluding tert-OH is 1. The van der Waals surface area contributed by atoms with Gasteiger partial charge in [0.05, 0.1) is 16.5 Å². The minimum Gasteiger partial charge on any atom is -0.503 e. The lowest BCUT2D eigenvalue weighted by atomic mass is 9.85. The van der Waals surface area contributed by atoms with Gasteiger partial charge in [-0.25, -0.2) is 0 Å². The highest BCUT2D eigenvalue weighted by Crippen LogP contribution is 2.40. The lowest BCUT2D eigenvalue weighted by Crippen LogP contribution is -2.31. The Morgan fingerprint density at radius 3 is 2.37 bits per heavy atom. The molecule has 3 rings (SSSR count). The number of amides is 1. The van der Waals surface area contributed by atoms with Crippen molar-refractivity contribution < 1.29 is 14.7 Å². The molecule has 1 aromatic heterocycles. The van der Waals surface area contributed by atoms with Gasteiger partial charge in [0.1, 0.15) is 0 Å². The first-order valence-corrected chi connectivity index (χ1v) is 10.1. The van der Waals surface area contributed by atoms with Crippen LogP contribution in [0.25, 0.3) is 0 Å². The number of carbonyl (C=O) groups excluding carboxylic acids is 2. The van der Waals surface area contributed by atoms with E-state index in [0.29, 0.717) is 11.4 Å². The third-order valence-electron chi connectivity index (χ3n) is 4.85. The van der Waals surface area contributed by atoms with Gasteiger partial charge in [-0.05, 0) is 34.4 Å². The predicted molar refractivity (Wildman–Crippen MR) is 108 cm³/mol. The minimum absolute atomic E-state index is 0.0146. The standard InChI is InChI=1S/C22H25NO3S/c1-5-12-23-18(14-8-10-15(11-9-14)22(2,3)4)17(20(25)21(23)26)19(24)16-7-6-13-27-16/h6-11,13,18,25H,5,12H2,1-4H3. The highest BCUT2D eigenvalue weighted by atomic mass is 32.1. The Kier molecular flexibility index (Phi) is 5.24. The van der Waals surface area contributed by atoms with E-state index in [9.17, 15) is 14.7 Å². The molecule has 27 heavy (non-hydrogen) atoms. The molecule has 0 saturated heterocycles. The fourth-order valence-corrected chi connectivity index (χ4v) is 4.09. The summed E-state index contributed by atoms with van der Waals surface area (Å²) in [4.78, 5) is 27.8. The van der Waals surface area contributed by atoms with Crippen LogP contribution in [0.4, 0.5) is 0 Å². The molecule has 1 aromatic carbocycles. The van der Waals surface area contributed by atoms with Crippen LogP contribution >= 0.6 is 11.3 Å². The van der Waals surface area contributed by atoms with E-state index >= 15 is 0 Å². The molecule has 1 aliphatic heterocycles. The van der Waals surface area contributed by atoms with E-state index in [2.05, 4.69) is 20.8 Å². The summed E-state index contributed by atoms with van der Waals surface area (Å²) in [5, 5.41) is 12.3. The van der Waals surface area contributed by atoms with Gasteiger partial charge in [0.2, 0.25) is 5.78 Å². The van der Waals surface area contributed by atoms with Gasteiger partial charge >= 0.3 is 0 Å². The molecular formula is C22H25NO3S. The maximum absolute atomic E-state index is 13.0. The van der Waals surface area contributed by atoms with Gasteiger partial charge in [-0.1, -0.05) is 58.0 Å². The van der Waals surface area contributed by atoms with Crippen LogP contribution in [0.5, 0.6) is 0 Å². The summed E-state index contributed by atoms with van der Waals surface area (Å²) in [7, 11) is 0. The number of carbonyl (C=O) groups is 2. The number of nitrogens with zero attached hydrogens (tertiary/aromatic N) is 1. The number of rotatable bonds is 5. The number of hydrogen-bond donors (Lipinski definition) is 1. The molecule has 0 radical (unpaired) electrons. The third-order valence-corrected chi connectivity index (χ3v) is 5.72. The van der Waals surface area contributed by atoms with Crippen molar-refractivity contribution in [1.82, 2.24) is 4.90 Å². The van der Waals surface area contributed by atoms with E-state index in [4.69, 9.17) is 0 Å². The van der Waals surface area contributed by atoms with Crippen molar-refractivity contribution in [2.24, 2.45) is 0 Å². The predicted octanol–water partition coefficient (Wildman–Crippen LogP) is 5.03. The zero-order chi connectivity index (χ0) is 19.8. The first kappa shape index (κ1) is 19.4. The van der Waals surface area contributed by atoms with Gasteiger partial charge in [-0.15, -0.1) is 11.3 Å². The molecule has 2 aromatic rings. The Bertz CT molecular complexity index is 873. The number of Topliss-reactive ketones (excluding diaryl/α,β-unsaturated/α-hetero) is 1. The molecule has 0 aliphatic carbocycles. The van der Waals surface area contributed by atoms with Gasteiger partial charge in [-0.3, -0.25) is 9.59 Å². The van der Waals surface area contributed by atoms with Crippen LogP contribution in [-0.4, -0.2) is 28.2 Å². The maximum atomic E-state index is 13.0. The quantitative estimate of drug-likeness (QED) is 0.737. The second-order valence-electron chi connectivity index (χ2n) is 7.84. The molecule has 0 spiro atoms. The second kappa shape index (κ2) is 7.31. The lowest BCUT2D eigenvalue weighted by Gasteiger charge is -2.27. The van der Waals surface area contributed by atoms with Crippen molar-refractivity contribution in [3.8, 4) is 0 Å². The van der Waals surface area contributed by atoms with Gasteiger partial charge < -0.3 is 10.0 Å². The molecular weight excluding hydrogens is 358 g/mol. The lowest BCUT2D eigenvalue weighted by molar-refractivity contribution is -0.129. The smallest absolute Gasteiger partial charge is 0.290 e. The zero-order valence-electron chi connectivity index (χ0n) is 16.2. The molecule has 1 amide bonds. The van der Waals surface area contributed by atoms with E-state index in [0.717, 1.165) is 12.0 Å². The summed E-state index contributed by atoms with van der Waals surface area (Å²) in [6, 6.07) is 11.0. The number of thiophene rings is 1. The van der Waals surface area contributed by atoms with Gasteiger partial charge in [0.15, 0.2) is 5.76 Å². The topological polar surface area (TPSA) is 57.6 Å². The fourth-order valence-electron chi connectivity index (χ4n) is 3.41. The minimum atomic E-state index is -0.555. The largest absolute Gasteiger partial charge is 0.503 e. The number of hydrogen-bond acceptors (Lipinski definition) is 4. The summed E-state index contributed by atoms with van der Waals surface area (Å²) in [5.74, 6) is -1.17. The van der Waals surface area contributed by atoms with Crippen molar-refractivity contribution in [2.45, 2.75) is 45.6 Å². The fraction of sp³-hybridized carbons (Fsp3) is 0.364. The van der Waals surface area contributed by atoms with Crippen molar-refractivity contribution in [1.29, 1.82) is 0 Å². The molecule has 142 valence electrons. The summed E-state index contributed by atoms with van der Waals surface area (Å²) in [6.45, 7) is 8.88. The van der Waals surface area contributed by atoms with Crippen LogP contribution in [0.15, 0.2) is 53.1 Å². The molecule has 4 nitrogen and oxygen atoms in total. The Hall–Kier alpha value is -2.40. The normalized spacial score (nSPS) is 17.7. The summed E-state index contributed by atoms with van der Waals surface area (Å²) < 4.78 is 0. The molecule has 1 aliphatic rings. The zero-order valence-corrected chi connectivity index (χ0v) is 17.0. The first-order chi connectivity index (χ1) is 12.8. The average molecular weight is 384 g/mol. The SMILES string of the molecule is CCCN1C(=O)C(O)=C(C(=O)c2cccs2)C1c1ccc(C(C)(C)C)cc1. The second-order valence-corrected chi connectivity index (χ2v) is 8.79. The Balaban J connectivity index is 2.07. The highest BCUT2D eigenvalue weighted by molar-refractivity contribution is 7.12. The van der Waals surface area contributed by atoms with Gasteiger partial charge in [0, 0.05) is 6.54 Å². The van der Waals surface area contributed by atoms with E-state index in [1.807, 2.05) is 36.6 Å². The van der Waals surface area contributed by atoms with E-state index in [-0.39, 0.29) is 16.8 Å². The van der Waals surface area contributed by atoms with Crippen LogP contribution < -0.4 is 0 Å². The Labute approximate surface area is 164 Å². The molecule has 1 unspecified atom stereocenters. The Morgan fingerprint density at radius 1 is 1.19 bits per heavy atom. The van der Waals surface area contributed by atoms with Crippen LogP contribution in [0.3, 0.4) is 0 Å². The molecule has 0 fully saturated rings. The molecule has 1 atom stereocenters. The average Bonchev–Trinajstić information content (AvgIpc) is 3.24. The summed E-state index contributed by atoms with van der Waals surface area (Å²) >= 11 is 1.31. The van der Waals surface area contributed by atoms with Crippen LogP contribution in [0.1, 0.15) is 61.0 Å². The van der Waals surface area contributed by atoms with Gasteiger partial charge in [-0.2, -0.15) is 0 Å². The van der Waals surface area contributed by atoms with Gasteiger partial charge in [0.25, 0.3) is 5.91 Å². The summed E-state index contributed by atoms with van der Waals surface area (Å²) in [5.41, 5.74) is 2.21. The van der Waals surface area contributed by atoms with E-state index in [1.54, 1.807) is 17.0 Å². The summed E-state index contributed by atoms with van der Waals surface area (Å²) in [6.07, 6.45) is 0.746. The number of aliphatic hydroxyl groups is 1. The third kappa shape index (κ3) is 3.56. The number of ketones is 1. The first-order valence-electron chi connectivity index (χ1n) is 9.18. The van der Waals surface area contributed by atoms with E-state index < -0.39 is 17.7 Å². The number of benzene rings is 1. The van der Waals surface area contributed by atoms with Crippen molar-refractivity contribution in [3.63, 3.8) is 0 Å². The van der Waals surface area contributed by atoms with E-state index in [1.165, 1.54) is 16.9 Å². The highest BCUT2D eigenvalue weighted by Gasteiger charge is 2.43. The van der Waals surface area contributed by atoms with Crippen LogP contribution in [0.2, 0.25) is 0 Å². The maximum Gasteiger partial charge on any atom is 0.290 e. The van der Waals surface area contributed by atoms with Crippen LogP contribution in [0, 0.1) is 0 Å². The monoisotopic (exact) mass is 383 g/mol.